The molecule has 0 saturated heterocycles. The van der Waals surface area contributed by atoms with E-state index < -0.39 is 0 Å². The summed E-state index contributed by atoms with van der Waals surface area (Å²) in [5.74, 6) is -0.474. The summed E-state index contributed by atoms with van der Waals surface area (Å²) in [4.78, 5) is 23.3. The SMILES string of the molecule is CCCOC(=O)c1ccc(NC(=O)CC(N)CC)cc1. The van der Waals surface area contributed by atoms with Crippen molar-refractivity contribution in [1.29, 1.82) is 0 Å². The monoisotopic (exact) mass is 278 g/mol. The molecule has 1 unspecified atom stereocenters. The maximum absolute atomic E-state index is 11.7. The van der Waals surface area contributed by atoms with E-state index in [1.807, 2.05) is 13.8 Å². The molecule has 5 heteroatoms. The van der Waals surface area contributed by atoms with Gasteiger partial charge in [-0.3, -0.25) is 4.79 Å². The van der Waals surface area contributed by atoms with Crippen LogP contribution in [0.2, 0.25) is 0 Å². The van der Waals surface area contributed by atoms with Crippen LogP contribution in [0.4, 0.5) is 5.69 Å². The lowest BCUT2D eigenvalue weighted by Gasteiger charge is -2.09. The van der Waals surface area contributed by atoms with Gasteiger partial charge in [0.25, 0.3) is 0 Å². The normalized spacial score (nSPS) is 11.8. The number of nitrogens with two attached hydrogens (primary N) is 1. The second-order valence-electron chi connectivity index (χ2n) is 4.63. The first-order valence-electron chi connectivity index (χ1n) is 6.89. The first-order valence-corrected chi connectivity index (χ1v) is 6.89. The van der Waals surface area contributed by atoms with Crippen molar-refractivity contribution in [3.63, 3.8) is 0 Å². The fourth-order valence-corrected chi connectivity index (χ4v) is 1.56. The highest BCUT2D eigenvalue weighted by molar-refractivity contribution is 5.93. The van der Waals surface area contributed by atoms with Crippen LogP contribution in [0.5, 0.6) is 0 Å². The van der Waals surface area contributed by atoms with Crippen molar-refractivity contribution in [1.82, 2.24) is 0 Å². The molecule has 0 saturated carbocycles. The molecule has 0 fully saturated rings. The van der Waals surface area contributed by atoms with Gasteiger partial charge < -0.3 is 15.8 Å². The molecule has 20 heavy (non-hydrogen) atoms. The van der Waals surface area contributed by atoms with Crippen molar-refractivity contribution < 1.29 is 14.3 Å². The molecule has 110 valence electrons. The fourth-order valence-electron chi connectivity index (χ4n) is 1.56. The molecule has 5 nitrogen and oxygen atoms in total. The standard InChI is InChI=1S/C15H22N2O3/c1-3-9-20-15(19)11-5-7-13(8-6-11)17-14(18)10-12(16)4-2/h5-8,12H,3-4,9-10,16H2,1-2H3,(H,17,18). The summed E-state index contributed by atoms with van der Waals surface area (Å²) in [5, 5.41) is 2.75. The highest BCUT2D eigenvalue weighted by atomic mass is 16.5. The van der Waals surface area contributed by atoms with Gasteiger partial charge in [0, 0.05) is 18.2 Å². The summed E-state index contributed by atoms with van der Waals surface area (Å²) in [6.07, 6.45) is 1.84. The quantitative estimate of drug-likeness (QED) is 0.750. The van der Waals surface area contributed by atoms with E-state index in [1.54, 1.807) is 24.3 Å². The van der Waals surface area contributed by atoms with E-state index in [9.17, 15) is 9.59 Å². The number of rotatable bonds is 7. The van der Waals surface area contributed by atoms with Gasteiger partial charge >= 0.3 is 5.97 Å². The third-order valence-electron chi connectivity index (χ3n) is 2.81. The molecule has 3 N–H and O–H groups in total. The average Bonchev–Trinajstić information content (AvgIpc) is 2.45. The topological polar surface area (TPSA) is 81.4 Å². The van der Waals surface area contributed by atoms with Crippen molar-refractivity contribution in [2.24, 2.45) is 5.73 Å². The number of anilines is 1. The third kappa shape index (κ3) is 5.40. The van der Waals surface area contributed by atoms with Crippen molar-refractivity contribution in [3.05, 3.63) is 29.8 Å². The van der Waals surface area contributed by atoms with Crippen LogP contribution in [0, 0.1) is 0 Å². The Morgan fingerprint density at radius 2 is 1.90 bits per heavy atom. The lowest BCUT2D eigenvalue weighted by molar-refractivity contribution is -0.116. The Morgan fingerprint density at radius 1 is 1.25 bits per heavy atom. The molecule has 1 amide bonds. The number of benzene rings is 1. The van der Waals surface area contributed by atoms with Gasteiger partial charge in [-0.1, -0.05) is 13.8 Å². The molecule has 0 radical (unpaired) electrons. The summed E-state index contributed by atoms with van der Waals surface area (Å²) in [6, 6.07) is 6.49. The molecule has 1 aromatic rings. The lowest BCUT2D eigenvalue weighted by atomic mass is 10.1. The van der Waals surface area contributed by atoms with Crippen LogP contribution >= 0.6 is 0 Å². The Bertz CT molecular complexity index is 443. The molecule has 1 rings (SSSR count). The number of hydrogen-bond donors (Lipinski definition) is 2. The van der Waals surface area contributed by atoms with Crippen LogP contribution in [0.25, 0.3) is 0 Å². The van der Waals surface area contributed by atoms with Gasteiger partial charge in [0.15, 0.2) is 0 Å². The summed E-state index contributed by atoms with van der Waals surface area (Å²) in [6.45, 7) is 4.29. The molecule has 0 aromatic heterocycles. The van der Waals surface area contributed by atoms with Crippen molar-refractivity contribution >= 4 is 17.6 Å². The van der Waals surface area contributed by atoms with E-state index in [1.165, 1.54) is 0 Å². The Kier molecular flexibility index (Phi) is 6.73. The van der Waals surface area contributed by atoms with Gasteiger partial charge in [-0.2, -0.15) is 0 Å². The predicted molar refractivity (Wildman–Crippen MR) is 78.5 cm³/mol. The minimum Gasteiger partial charge on any atom is -0.462 e. The van der Waals surface area contributed by atoms with Crippen LogP contribution in [-0.4, -0.2) is 24.5 Å². The molecule has 1 aromatic carbocycles. The van der Waals surface area contributed by atoms with Crippen LogP contribution in [0.3, 0.4) is 0 Å². The van der Waals surface area contributed by atoms with Crippen molar-refractivity contribution in [2.75, 3.05) is 11.9 Å². The van der Waals surface area contributed by atoms with Gasteiger partial charge in [-0.15, -0.1) is 0 Å². The average molecular weight is 278 g/mol. The van der Waals surface area contributed by atoms with Gasteiger partial charge in [0.05, 0.1) is 12.2 Å². The maximum Gasteiger partial charge on any atom is 0.338 e. The number of nitrogens with one attached hydrogen (secondary N) is 1. The number of amides is 1. The highest BCUT2D eigenvalue weighted by Crippen LogP contribution is 2.11. The summed E-state index contributed by atoms with van der Waals surface area (Å²) in [5.41, 5.74) is 6.83. The Balaban J connectivity index is 2.54. The molecule has 0 heterocycles. The first kappa shape index (κ1) is 16.2. The van der Waals surface area contributed by atoms with E-state index in [4.69, 9.17) is 10.5 Å². The minimum absolute atomic E-state index is 0.124. The Labute approximate surface area is 119 Å². The van der Waals surface area contributed by atoms with Crippen LogP contribution in [0.15, 0.2) is 24.3 Å². The molecule has 0 aliphatic heterocycles. The number of ether oxygens (including phenoxy) is 1. The van der Waals surface area contributed by atoms with Gasteiger partial charge in [0.1, 0.15) is 0 Å². The maximum atomic E-state index is 11.7. The molecule has 1 atom stereocenters. The summed E-state index contributed by atoms with van der Waals surface area (Å²) < 4.78 is 5.02. The van der Waals surface area contributed by atoms with E-state index >= 15 is 0 Å². The molecule has 0 spiro atoms. The van der Waals surface area contributed by atoms with Gasteiger partial charge in [0.2, 0.25) is 5.91 Å². The highest BCUT2D eigenvalue weighted by Gasteiger charge is 2.09. The molecule has 0 bridgehead atoms. The zero-order chi connectivity index (χ0) is 15.0. The number of esters is 1. The Morgan fingerprint density at radius 3 is 2.45 bits per heavy atom. The van der Waals surface area contributed by atoms with E-state index in [0.29, 0.717) is 17.9 Å². The third-order valence-corrected chi connectivity index (χ3v) is 2.81. The van der Waals surface area contributed by atoms with E-state index in [0.717, 1.165) is 12.8 Å². The molecule has 0 aliphatic carbocycles. The van der Waals surface area contributed by atoms with E-state index in [-0.39, 0.29) is 24.3 Å². The second-order valence-corrected chi connectivity index (χ2v) is 4.63. The summed E-state index contributed by atoms with van der Waals surface area (Å²) in [7, 11) is 0. The van der Waals surface area contributed by atoms with E-state index in [2.05, 4.69) is 5.32 Å². The zero-order valence-electron chi connectivity index (χ0n) is 12.0. The predicted octanol–water partition coefficient (Wildman–Crippen LogP) is 2.32. The van der Waals surface area contributed by atoms with Crippen molar-refractivity contribution in [2.45, 2.75) is 39.2 Å². The Hall–Kier alpha value is -1.88. The van der Waals surface area contributed by atoms with Gasteiger partial charge in [-0.05, 0) is 37.1 Å². The summed E-state index contributed by atoms with van der Waals surface area (Å²) >= 11 is 0. The van der Waals surface area contributed by atoms with Crippen LogP contribution in [0.1, 0.15) is 43.5 Å². The van der Waals surface area contributed by atoms with Crippen molar-refractivity contribution in [3.8, 4) is 0 Å². The number of hydrogen-bond acceptors (Lipinski definition) is 4. The second kappa shape index (κ2) is 8.32. The number of carbonyl (C=O) groups is 2. The smallest absolute Gasteiger partial charge is 0.338 e. The molecule has 0 aliphatic rings. The van der Waals surface area contributed by atoms with Crippen LogP contribution < -0.4 is 11.1 Å². The fraction of sp³-hybridized carbons (Fsp3) is 0.467. The zero-order valence-corrected chi connectivity index (χ0v) is 12.0. The molecular formula is C15H22N2O3. The van der Waals surface area contributed by atoms with Crippen LogP contribution in [-0.2, 0) is 9.53 Å². The first-order chi connectivity index (χ1) is 9.56. The largest absolute Gasteiger partial charge is 0.462 e. The number of carbonyl (C=O) groups excluding carboxylic acids is 2. The van der Waals surface area contributed by atoms with Gasteiger partial charge in [-0.25, -0.2) is 4.79 Å². The lowest BCUT2D eigenvalue weighted by Crippen LogP contribution is -2.26. The molecular weight excluding hydrogens is 256 g/mol. The minimum atomic E-state index is -0.349.